The van der Waals surface area contributed by atoms with Crippen LogP contribution in [0, 0.1) is 12.7 Å². The lowest BCUT2D eigenvalue weighted by molar-refractivity contribution is 0.396. The van der Waals surface area contributed by atoms with Crippen molar-refractivity contribution in [3.63, 3.8) is 0 Å². The normalized spacial score (nSPS) is 12.2. The maximum absolute atomic E-state index is 13.4. The first kappa shape index (κ1) is 13.9. The maximum Gasteiger partial charge on any atom is 0.216 e. The third kappa shape index (κ3) is 3.73. The fraction of sp³-hybridized carbons (Fsp3) is 0.286. The van der Waals surface area contributed by atoms with Gasteiger partial charge in [0.05, 0.1) is 7.11 Å². The number of rotatable bonds is 4. The van der Waals surface area contributed by atoms with Crippen LogP contribution < -0.4 is 4.74 Å². The van der Waals surface area contributed by atoms with Crippen LogP contribution in [-0.2, 0) is 6.42 Å². The van der Waals surface area contributed by atoms with Crippen LogP contribution in [0.1, 0.15) is 21.6 Å². The van der Waals surface area contributed by atoms with Crippen LogP contribution in [0.2, 0.25) is 0 Å². The number of aryl methyl sites for hydroxylation is 1. The minimum Gasteiger partial charge on any atom is -0.481 e. The van der Waals surface area contributed by atoms with Crippen LogP contribution in [0.4, 0.5) is 4.39 Å². The first-order valence-corrected chi connectivity index (χ1v) is 6.76. The molecule has 0 radical (unpaired) electrons. The van der Waals surface area contributed by atoms with Crippen molar-refractivity contribution in [3.05, 3.63) is 53.2 Å². The van der Waals surface area contributed by atoms with Crippen molar-refractivity contribution in [3.8, 4) is 5.88 Å². The SMILES string of the molecule is COc1cc(CC(Br)c2cc(C)cc(F)c2)ncn1. The van der Waals surface area contributed by atoms with E-state index in [-0.39, 0.29) is 10.6 Å². The van der Waals surface area contributed by atoms with Gasteiger partial charge in [0.15, 0.2) is 0 Å². The summed E-state index contributed by atoms with van der Waals surface area (Å²) in [5.41, 5.74) is 2.64. The topological polar surface area (TPSA) is 35.0 Å². The first-order valence-electron chi connectivity index (χ1n) is 5.84. The molecule has 0 saturated carbocycles. The number of hydrogen-bond donors (Lipinski definition) is 0. The van der Waals surface area contributed by atoms with E-state index in [1.165, 1.54) is 18.5 Å². The van der Waals surface area contributed by atoms with Gasteiger partial charge in [-0.2, -0.15) is 0 Å². The standard InChI is InChI=1S/C14H14BrFN2O/c1-9-3-10(5-11(16)4-9)13(15)6-12-7-14(19-2)18-8-17-12/h3-5,7-8,13H,6H2,1-2H3. The number of hydrogen-bond acceptors (Lipinski definition) is 3. The van der Waals surface area contributed by atoms with Crippen LogP contribution in [0.25, 0.3) is 0 Å². The summed E-state index contributed by atoms with van der Waals surface area (Å²) in [5, 5.41) is 0. The number of nitrogens with zero attached hydrogens (tertiary/aromatic N) is 2. The van der Waals surface area contributed by atoms with Gasteiger partial charge < -0.3 is 4.74 Å². The third-order valence-corrected chi connectivity index (χ3v) is 3.57. The Balaban J connectivity index is 2.17. The summed E-state index contributed by atoms with van der Waals surface area (Å²) in [6.45, 7) is 1.88. The van der Waals surface area contributed by atoms with Crippen molar-refractivity contribution >= 4 is 15.9 Å². The molecular formula is C14H14BrFN2O. The summed E-state index contributed by atoms with van der Waals surface area (Å²) in [7, 11) is 1.56. The molecule has 2 rings (SSSR count). The first-order chi connectivity index (χ1) is 9.08. The second-order valence-corrected chi connectivity index (χ2v) is 5.39. The van der Waals surface area contributed by atoms with Crippen molar-refractivity contribution in [1.29, 1.82) is 0 Å². The fourth-order valence-electron chi connectivity index (χ4n) is 1.85. The summed E-state index contributed by atoms with van der Waals surface area (Å²) in [6.07, 6.45) is 2.10. The summed E-state index contributed by atoms with van der Waals surface area (Å²) in [5.74, 6) is 0.305. The molecule has 0 fully saturated rings. The molecule has 0 spiro atoms. The minimum absolute atomic E-state index is 0.00139. The van der Waals surface area contributed by atoms with Crippen molar-refractivity contribution in [2.45, 2.75) is 18.2 Å². The maximum atomic E-state index is 13.4. The summed E-state index contributed by atoms with van der Waals surface area (Å²) in [6, 6.07) is 6.78. The number of alkyl halides is 1. The molecule has 1 unspecified atom stereocenters. The lowest BCUT2D eigenvalue weighted by atomic mass is 10.1. The number of benzene rings is 1. The van der Waals surface area contributed by atoms with Crippen LogP contribution in [0.15, 0.2) is 30.6 Å². The molecule has 0 N–H and O–H groups in total. The van der Waals surface area contributed by atoms with E-state index in [0.717, 1.165) is 16.8 Å². The largest absolute Gasteiger partial charge is 0.481 e. The molecule has 19 heavy (non-hydrogen) atoms. The highest BCUT2D eigenvalue weighted by atomic mass is 79.9. The van der Waals surface area contributed by atoms with Gasteiger partial charge in [0, 0.05) is 23.0 Å². The van der Waals surface area contributed by atoms with Crippen molar-refractivity contribution < 1.29 is 9.13 Å². The van der Waals surface area contributed by atoms with E-state index in [0.29, 0.717) is 12.3 Å². The second kappa shape index (κ2) is 6.10. The number of aromatic nitrogens is 2. The number of ether oxygens (including phenoxy) is 1. The molecule has 100 valence electrons. The van der Waals surface area contributed by atoms with E-state index < -0.39 is 0 Å². The van der Waals surface area contributed by atoms with Gasteiger partial charge in [-0.1, -0.05) is 22.0 Å². The molecule has 5 heteroatoms. The van der Waals surface area contributed by atoms with E-state index >= 15 is 0 Å². The van der Waals surface area contributed by atoms with Crippen LogP contribution in [0.3, 0.4) is 0 Å². The lowest BCUT2D eigenvalue weighted by Gasteiger charge is -2.11. The second-order valence-electron chi connectivity index (χ2n) is 4.29. The number of methoxy groups -OCH3 is 1. The minimum atomic E-state index is -0.222. The highest BCUT2D eigenvalue weighted by Crippen LogP contribution is 2.28. The van der Waals surface area contributed by atoms with Crippen molar-refractivity contribution in [2.75, 3.05) is 7.11 Å². The van der Waals surface area contributed by atoms with Crippen LogP contribution >= 0.6 is 15.9 Å². The van der Waals surface area contributed by atoms with Gasteiger partial charge in [-0.3, -0.25) is 0 Å². The van der Waals surface area contributed by atoms with Crippen LogP contribution in [-0.4, -0.2) is 17.1 Å². The average molecular weight is 325 g/mol. The molecule has 0 aliphatic carbocycles. The van der Waals surface area contributed by atoms with Gasteiger partial charge in [0.2, 0.25) is 5.88 Å². The van der Waals surface area contributed by atoms with Gasteiger partial charge >= 0.3 is 0 Å². The molecule has 3 nitrogen and oxygen atoms in total. The Morgan fingerprint density at radius 3 is 2.74 bits per heavy atom. The molecule has 1 atom stereocenters. The van der Waals surface area contributed by atoms with E-state index in [4.69, 9.17) is 4.74 Å². The van der Waals surface area contributed by atoms with Crippen molar-refractivity contribution in [2.24, 2.45) is 0 Å². The zero-order valence-corrected chi connectivity index (χ0v) is 12.3. The summed E-state index contributed by atoms with van der Waals surface area (Å²) in [4.78, 5) is 8.14. The summed E-state index contributed by atoms with van der Waals surface area (Å²) >= 11 is 3.57. The zero-order chi connectivity index (χ0) is 13.8. The molecule has 2 aromatic rings. The predicted molar refractivity (Wildman–Crippen MR) is 75.1 cm³/mol. The fourth-order valence-corrected chi connectivity index (χ4v) is 2.44. The van der Waals surface area contributed by atoms with Gasteiger partial charge in [-0.25, -0.2) is 14.4 Å². The Labute approximate surface area is 120 Å². The molecule has 0 aliphatic rings. The molecule has 1 aromatic carbocycles. The molecular weight excluding hydrogens is 311 g/mol. The highest BCUT2D eigenvalue weighted by molar-refractivity contribution is 9.09. The third-order valence-electron chi connectivity index (χ3n) is 2.72. The molecule has 1 aromatic heterocycles. The average Bonchev–Trinajstić information content (AvgIpc) is 2.37. The quantitative estimate of drug-likeness (QED) is 0.806. The van der Waals surface area contributed by atoms with Gasteiger partial charge in [0.1, 0.15) is 12.1 Å². The van der Waals surface area contributed by atoms with Gasteiger partial charge in [-0.15, -0.1) is 0 Å². The molecule has 0 aliphatic heterocycles. The Morgan fingerprint density at radius 1 is 1.26 bits per heavy atom. The smallest absolute Gasteiger partial charge is 0.216 e. The highest BCUT2D eigenvalue weighted by Gasteiger charge is 2.12. The Bertz CT molecular complexity index is 557. The Hall–Kier alpha value is -1.49. The van der Waals surface area contributed by atoms with E-state index in [9.17, 15) is 4.39 Å². The van der Waals surface area contributed by atoms with Crippen molar-refractivity contribution in [1.82, 2.24) is 9.97 Å². The van der Waals surface area contributed by atoms with Gasteiger partial charge in [0.25, 0.3) is 0 Å². The summed E-state index contributed by atoms with van der Waals surface area (Å²) < 4.78 is 18.4. The van der Waals surface area contributed by atoms with E-state index in [1.54, 1.807) is 13.2 Å². The van der Waals surface area contributed by atoms with Crippen LogP contribution in [0.5, 0.6) is 5.88 Å². The Morgan fingerprint density at radius 2 is 2.05 bits per heavy atom. The molecule has 0 bridgehead atoms. The lowest BCUT2D eigenvalue weighted by Crippen LogP contribution is -2.00. The monoisotopic (exact) mass is 324 g/mol. The molecule has 1 heterocycles. The number of halogens is 2. The van der Waals surface area contributed by atoms with E-state index in [1.807, 2.05) is 13.0 Å². The van der Waals surface area contributed by atoms with Gasteiger partial charge in [-0.05, 0) is 30.2 Å². The molecule has 0 amide bonds. The predicted octanol–water partition coefficient (Wildman–Crippen LogP) is 3.61. The van der Waals surface area contributed by atoms with E-state index in [2.05, 4.69) is 25.9 Å². The molecule has 0 saturated heterocycles. The zero-order valence-electron chi connectivity index (χ0n) is 10.7. The Kier molecular flexibility index (Phi) is 4.47.